The van der Waals surface area contributed by atoms with Gasteiger partial charge in [-0.3, -0.25) is 4.79 Å². The van der Waals surface area contributed by atoms with Crippen molar-refractivity contribution < 1.29 is 9.53 Å². The maximum Gasteiger partial charge on any atom is 0.251 e. The molecule has 0 aromatic carbocycles. The molecular formula is C14H26N2O2. The van der Waals surface area contributed by atoms with Crippen molar-refractivity contribution in [1.29, 1.82) is 0 Å². The predicted octanol–water partition coefficient (Wildman–Crippen LogP) is 1.43. The third-order valence-corrected chi connectivity index (χ3v) is 3.36. The first kappa shape index (κ1) is 15.2. The van der Waals surface area contributed by atoms with Crippen molar-refractivity contribution in [3.8, 4) is 0 Å². The molecule has 104 valence electrons. The molecule has 1 saturated heterocycles. The van der Waals surface area contributed by atoms with Gasteiger partial charge >= 0.3 is 0 Å². The molecule has 0 spiro atoms. The van der Waals surface area contributed by atoms with Crippen LogP contribution < -0.4 is 5.32 Å². The van der Waals surface area contributed by atoms with Crippen molar-refractivity contribution in [1.82, 2.24) is 10.2 Å². The van der Waals surface area contributed by atoms with Gasteiger partial charge in [-0.2, -0.15) is 0 Å². The summed E-state index contributed by atoms with van der Waals surface area (Å²) in [5.41, 5.74) is 0. The zero-order valence-corrected chi connectivity index (χ0v) is 11.7. The van der Waals surface area contributed by atoms with E-state index in [1.54, 1.807) is 6.08 Å². The molecule has 2 atom stereocenters. The summed E-state index contributed by atoms with van der Waals surface area (Å²) in [5.74, 6) is 0.702. The third-order valence-electron chi connectivity index (χ3n) is 3.36. The van der Waals surface area contributed by atoms with Crippen LogP contribution in [0.25, 0.3) is 0 Å². The molecule has 1 amide bonds. The van der Waals surface area contributed by atoms with Crippen molar-refractivity contribution >= 4 is 5.91 Å². The number of carbonyl (C=O) groups excluding carboxylic acids is 1. The van der Waals surface area contributed by atoms with Crippen LogP contribution in [0.15, 0.2) is 12.7 Å². The SMILES string of the molecule is C=CCCOC(C)C(=O)N1CCCC(CNC)C1. The van der Waals surface area contributed by atoms with Gasteiger partial charge < -0.3 is 15.0 Å². The lowest BCUT2D eigenvalue weighted by molar-refractivity contribution is -0.144. The fourth-order valence-corrected chi connectivity index (χ4v) is 2.38. The summed E-state index contributed by atoms with van der Waals surface area (Å²) in [6.45, 7) is 8.76. The second kappa shape index (κ2) is 8.27. The number of carbonyl (C=O) groups is 1. The normalized spacial score (nSPS) is 21.7. The van der Waals surface area contributed by atoms with E-state index in [1.165, 1.54) is 6.42 Å². The first-order valence-corrected chi connectivity index (χ1v) is 6.85. The highest BCUT2D eigenvalue weighted by Gasteiger charge is 2.26. The van der Waals surface area contributed by atoms with Crippen LogP contribution in [0, 0.1) is 5.92 Å². The average molecular weight is 254 g/mol. The molecule has 4 heteroatoms. The first-order chi connectivity index (χ1) is 8.69. The van der Waals surface area contributed by atoms with E-state index in [9.17, 15) is 4.79 Å². The maximum atomic E-state index is 12.2. The van der Waals surface area contributed by atoms with E-state index >= 15 is 0 Å². The van der Waals surface area contributed by atoms with E-state index in [0.717, 1.165) is 32.5 Å². The van der Waals surface area contributed by atoms with Gasteiger partial charge in [0.25, 0.3) is 5.91 Å². The molecule has 1 aliphatic heterocycles. The first-order valence-electron chi connectivity index (χ1n) is 6.85. The Bertz CT molecular complexity index is 267. The minimum Gasteiger partial charge on any atom is -0.368 e. The molecule has 0 aliphatic carbocycles. The minimum absolute atomic E-state index is 0.125. The van der Waals surface area contributed by atoms with Crippen LogP contribution in [0.4, 0.5) is 0 Å². The molecule has 0 aromatic heterocycles. The van der Waals surface area contributed by atoms with Gasteiger partial charge in [0, 0.05) is 13.1 Å². The molecular weight excluding hydrogens is 228 g/mol. The number of hydrogen-bond acceptors (Lipinski definition) is 3. The number of amides is 1. The Balaban J connectivity index is 2.37. The van der Waals surface area contributed by atoms with E-state index in [1.807, 2.05) is 18.9 Å². The molecule has 0 saturated carbocycles. The van der Waals surface area contributed by atoms with Gasteiger partial charge in [-0.15, -0.1) is 6.58 Å². The topological polar surface area (TPSA) is 41.6 Å². The molecule has 1 heterocycles. The number of likely N-dealkylation sites (tertiary alicyclic amines) is 1. The number of nitrogens with one attached hydrogen (secondary N) is 1. The summed E-state index contributed by atoms with van der Waals surface area (Å²) < 4.78 is 5.51. The summed E-state index contributed by atoms with van der Waals surface area (Å²) >= 11 is 0. The van der Waals surface area contributed by atoms with Crippen LogP contribution in [-0.2, 0) is 9.53 Å². The number of piperidine rings is 1. The second-order valence-electron chi connectivity index (χ2n) is 4.94. The van der Waals surface area contributed by atoms with Crippen LogP contribution in [0.2, 0.25) is 0 Å². The summed E-state index contributed by atoms with van der Waals surface area (Å²) in [4.78, 5) is 14.1. The zero-order chi connectivity index (χ0) is 13.4. The molecule has 2 unspecified atom stereocenters. The highest BCUT2D eigenvalue weighted by Crippen LogP contribution is 2.17. The average Bonchev–Trinajstić information content (AvgIpc) is 2.39. The number of nitrogens with zero attached hydrogens (tertiary/aromatic N) is 1. The fraction of sp³-hybridized carbons (Fsp3) is 0.786. The highest BCUT2D eigenvalue weighted by molar-refractivity contribution is 5.80. The van der Waals surface area contributed by atoms with E-state index < -0.39 is 0 Å². The molecule has 0 aromatic rings. The molecule has 1 aliphatic rings. The van der Waals surface area contributed by atoms with Gasteiger partial charge in [0.15, 0.2) is 0 Å². The van der Waals surface area contributed by atoms with Gasteiger partial charge in [-0.1, -0.05) is 6.08 Å². The molecule has 0 radical (unpaired) electrons. The van der Waals surface area contributed by atoms with E-state index in [4.69, 9.17) is 4.74 Å². The third kappa shape index (κ3) is 4.78. The Hall–Kier alpha value is -0.870. The van der Waals surface area contributed by atoms with Crippen molar-refractivity contribution in [2.24, 2.45) is 5.92 Å². The maximum absolute atomic E-state index is 12.2. The Morgan fingerprint density at radius 2 is 2.44 bits per heavy atom. The fourth-order valence-electron chi connectivity index (χ4n) is 2.38. The molecule has 1 N–H and O–H groups in total. The Morgan fingerprint density at radius 3 is 3.11 bits per heavy atom. The predicted molar refractivity (Wildman–Crippen MR) is 73.5 cm³/mol. The standard InChI is InChI=1S/C14H26N2O2/c1-4-5-9-18-12(2)14(17)16-8-6-7-13(11-16)10-15-3/h4,12-13,15H,1,5-11H2,2-3H3. The Kier molecular flexibility index (Phi) is 6.98. The lowest BCUT2D eigenvalue weighted by Gasteiger charge is -2.34. The van der Waals surface area contributed by atoms with Crippen molar-refractivity contribution in [2.75, 3.05) is 33.3 Å². The summed E-state index contributed by atoms with van der Waals surface area (Å²) in [6, 6.07) is 0. The van der Waals surface area contributed by atoms with Crippen molar-refractivity contribution in [3.05, 3.63) is 12.7 Å². The zero-order valence-electron chi connectivity index (χ0n) is 11.7. The number of hydrogen-bond donors (Lipinski definition) is 1. The van der Waals surface area contributed by atoms with Gasteiger partial charge in [-0.25, -0.2) is 0 Å². The lowest BCUT2D eigenvalue weighted by Crippen LogP contribution is -2.46. The smallest absolute Gasteiger partial charge is 0.251 e. The molecule has 1 rings (SSSR count). The van der Waals surface area contributed by atoms with Crippen molar-refractivity contribution in [2.45, 2.75) is 32.3 Å². The van der Waals surface area contributed by atoms with E-state index in [-0.39, 0.29) is 12.0 Å². The van der Waals surface area contributed by atoms with Gasteiger partial charge in [0.2, 0.25) is 0 Å². The van der Waals surface area contributed by atoms with Crippen molar-refractivity contribution in [3.63, 3.8) is 0 Å². The van der Waals surface area contributed by atoms with Crippen LogP contribution in [0.5, 0.6) is 0 Å². The number of rotatable bonds is 7. The largest absolute Gasteiger partial charge is 0.368 e. The quantitative estimate of drug-likeness (QED) is 0.552. The second-order valence-corrected chi connectivity index (χ2v) is 4.94. The monoisotopic (exact) mass is 254 g/mol. The van der Waals surface area contributed by atoms with Crippen LogP contribution in [0.1, 0.15) is 26.2 Å². The van der Waals surface area contributed by atoms with Gasteiger partial charge in [0.1, 0.15) is 6.10 Å². The van der Waals surface area contributed by atoms with Crippen LogP contribution in [-0.4, -0.2) is 50.2 Å². The summed E-state index contributed by atoms with van der Waals surface area (Å²) in [6.07, 6.45) is 4.56. The number of ether oxygens (including phenoxy) is 1. The van der Waals surface area contributed by atoms with Crippen LogP contribution >= 0.6 is 0 Å². The molecule has 4 nitrogen and oxygen atoms in total. The Morgan fingerprint density at radius 1 is 1.67 bits per heavy atom. The van der Waals surface area contributed by atoms with E-state index in [0.29, 0.717) is 12.5 Å². The summed E-state index contributed by atoms with van der Waals surface area (Å²) in [5, 5.41) is 3.19. The molecule has 0 bridgehead atoms. The molecule has 18 heavy (non-hydrogen) atoms. The van der Waals surface area contributed by atoms with E-state index in [2.05, 4.69) is 11.9 Å². The summed E-state index contributed by atoms with van der Waals surface area (Å²) in [7, 11) is 1.96. The molecule has 1 fully saturated rings. The van der Waals surface area contributed by atoms with Gasteiger partial charge in [0.05, 0.1) is 6.61 Å². The van der Waals surface area contributed by atoms with Crippen LogP contribution in [0.3, 0.4) is 0 Å². The Labute approximate surface area is 110 Å². The highest BCUT2D eigenvalue weighted by atomic mass is 16.5. The lowest BCUT2D eigenvalue weighted by atomic mass is 9.97. The van der Waals surface area contributed by atoms with Gasteiger partial charge in [-0.05, 0) is 45.7 Å². The minimum atomic E-state index is -0.335.